The monoisotopic (exact) mass is 663 g/mol. The first-order chi connectivity index (χ1) is 22.4. The van der Waals surface area contributed by atoms with Crippen molar-refractivity contribution in [3.8, 4) is 0 Å². The molecule has 0 saturated carbocycles. The number of benzene rings is 1. The first kappa shape index (κ1) is 49.2. The van der Waals surface area contributed by atoms with Crippen LogP contribution in [0.3, 0.4) is 0 Å². The maximum absolute atomic E-state index is 11.9. The van der Waals surface area contributed by atoms with Gasteiger partial charge in [-0.25, -0.2) is 0 Å². The molecule has 1 aromatic carbocycles. The van der Waals surface area contributed by atoms with Crippen LogP contribution >= 0.6 is 0 Å². The Morgan fingerprint density at radius 1 is 0.596 bits per heavy atom. The highest BCUT2D eigenvalue weighted by atomic mass is 16.7. The zero-order valence-electron chi connectivity index (χ0n) is 32.3. The second-order valence-electron chi connectivity index (χ2n) is 12.7. The van der Waals surface area contributed by atoms with Gasteiger partial charge in [-0.2, -0.15) is 0 Å². The summed E-state index contributed by atoms with van der Waals surface area (Å²) >= 11 is 0. The van der Waals surface area contributed by atoms with Crippen LogP contribution in [-0.2, 0) is 23.9 Å². The third-order valence-electron chi connectivity index (χ3n) is 7.49. The van der Waals surface area contributed by atoms with E-state index in [-0.39, 0.29) is 17.3 Å². The molecule has 6 heteroatoms. The van der Waals surface area contributed by atoms with Gasteiger partial charge in [0, 0.05) is 37.5 Å². The zero-order valence-corrected chi connectivity index (χ0v) is 32.3. The number of ketones is 4. The molecule has 0 aliphatic carbocycles. The maximum Gasteiger partial charge on any atom is 0.222 e. The molecule has 47 heavy (non-hydrogen) atoms. The summed E-state index contributed by atoms with van der Waals surface area (Å²) in [7, 11) is 0. The van der Waals surface area contributed by atoms with Crippen LogP contribution in [0.15, 0.2) is 30.3 Å². The van der Waals surface area contributed by atoms with Crippen molar-refractivity contribution >= 4 is 23.1 Å². The molecule has 1 aromatic rings. The molecular formula is C41H74O6. The summed E-state index contributed by atoms with van der Waals surface area (Å²) < 4.78 is 10.5. The molecule has 0 radical (unpaired) electrons. The van der Waals surface area contributed by atoms with Gasteiger partial charge in [-0.15, -0.1) is 0 Å². The Morgan fingerprint density at radius 3 is 1.30 bits per heavy atom. The van der Waals surface area contributed by atoms with E-state index in [0.29, 0.717) is 42.8 Å². The van der Waals surface area contributed by atoms with Gasteiger partial charge in [0.15, 0.2) is 0 Å². The molecular weight excluding hydrogens is 588 g/mol. The van der Waals surface area contributed by atoms with E-state index in [1.54, 1.807) is 32.9 Å². The lowest BCUT2D eigenvalue weighted by molar-refractivity contribution is -0.121. The average Bonchev–Trinajstić information content (AvgIpc) is 3.03. The molecule has 0 N–H and O–H groups in total. The Hall–Kier alpha value is -2.18. The third-order valence-corrected chi connectivity index (χ3v) is 7.49. The number of hydrogen-bond donors (Lipinski definition) is 0. The second-order valence-corrected chi connectivity index (χ2v) is 12.7. The summed E-state index contributed by atoms with van der Waals surface area (Å²) in [6.07, 6.45) is 18.9. The van der Waals surface area contributed by atoms with E-state index in [1.807, 2.05) is 52.8 Å². The highest BCUT2D eigenvalue weighted by Crippen LogP contribution is 2.20. The van der Waals surface area contributed by atoms with Crippen molar-refractivity contribution in [2.75, 3.05) is 13.2 Å². The van der Waals surface area contributed by atoms with Gasteiger partial charge >= 0.3 is 0 Å². The van der Waals surface area contributed by atoms with E-state index < -0.39 is 6.29 Å². The van der Waals surface area contributed by atoms with Gasteiger partial charge in [-0.3, -0.25) is 9.59 Å². The molecule has 274 valence electrons. The number of rotatable bonds is 24. The summed E-state index contributed by atoms with van der Waals surface area (Å²) in [6.45, 7) is 20.0. The summed E-state index contributed by atoms with van der Waals surface area (Å²) in [6, 6.07) is 9.03. The summed E-state index contributed by atoms with van der Waals surface area (Å²) in [5, 5.41) is 0. The van der Waals surface area contributed by atoms with Crippen molar-refractivity contribution in [1.29, 1.82) is 0 Å². The second kappa shape index (κ2) is 36.7. The number of carbonyl (C=O) groups is 4. The predicted molar refractivity (Wildman–Crippen MR) is 199 cm³/mol. The van der Waals surface area contributed by atoms with Crippen LogP contribution in [0, 0.1) is 11.8 Å². The van der Waals surface area contributed by atoms with Crippen molar-refractivity contribution < 1.29 is 28.7 Å². The zero-order chi connectivity index (χ0) is 36.3. The molecule has 0 amide bonds. The minimum absolute atomic E-state index is 0.126. The Bertz CT molecular complexity index is 842. The lowest BCUT2D eigenvalue weighted by atomic mass is 9.91. The highest BCUT2D eigenvalue weighted by molar-refractivity contribution is 5.98. The van der Waals surface area contributed by atoms with Crippen LogP contribution < -0.4 is 0 Å². The number of Topliss-reactive ketones (excluding diaryl/α,β-unsaturated/α-hetero) is 4. The van der Waals surface area contributed by atoms with E-state index in [9.17, 15) is 19.2 Å². The number of hydrogen-bond acceptors (Lipinski definition) is 6. The molecule has 6 nitrogen and oxygen atoms in total. The lowest BCUT2D eigenvalue weighted by Crippen LogP contribution is -2.27. The third kappa shape index (κ3) is 36.5. The van der Waals surface area contributed by atoms with Crippen LogP contribution in [0.4, 0.5) is 0 Å². The van der Waals surface area contributed by atoms with Crippen LogP contribution in [0.25, 0.3) is 0 Å². The standard InChI is InChI=1S/C19H38O.C12H16O3.C6H12O.C4H8O/c1-4-6-8-10-12-14-16-19(18(3)20)17-15-13-11-9-7-5-2;1-3-14-12(15-4-2)11(13)10-8-6-5-7-9-10;1-5(2)4-6(3)7;1-3-4(2)5/h19H,4-17H2,1-3H3;5-9,12H,3-4H2,1-2H3;5H,4H2,1-3H3;3H2,1-2H3. The Balaban J connectivity index is -0.000000624. The van der Waals surface area contributed by atoms with E-state index >= 15 is 0 Å². The van der Waals surface area contributed by atoms with Crippen molar-refractivity contribution in [3.63, 3.8) is 0 Å². The highest BCUT2D eigenvalue weighted by Gasteiger charge is 2.20. The average molecular weight is 663 g/mol. The Morgan fingerprint density at radius 2 is 1.00 bits per heavy atom. The van der Waals surface area contributed by atoms with Crippen LogP contribution in [-0.4, -0.2) is 42.6 Å². The first-order valence-corrected chi connectivity index (χ1v) is 18.7. The van der Waals surface area contributed by atoms with Gasteiger partial charge in [0.25, 0.3) is 0 Å². The van der Waals surface area contributed by atoms with E-state index in [4.69, 9.17) is 9.47 Å². The first-order valence-electron chi connectivity index (χ1n) is 18.7. The molecule has 0 atom stereocenters. The van der Waals surface area contributed by atoms with E-state index in [2.05, 4.69) is 13.8 Å². The van der Waals surface area contributed by atoms with E-state index in [1.165, 1.54) is 77.0 Å². The lowest BCUT2D eigenvalue weighted by Gasteiger charge is -2.15. The van der Waals surface area contributed by atoms with Crippen LogP contribution in [0.5, 0.6) is 0 Å². The minimum Gasteiger partial charge on any atom is -0.346 e. The van der Waals surface area contributed by atoms with Crippen molar-refractivity contribution in [2.45, 2.75) is 178 Å². The molecule has 0 fully saturated rings. The van der Waals surface area contributed by atoms with Gasteiger partial charge in [-0.1, -0.05) is 142 Å². The number of ether oxygens (including phenoxy) is 2. The molecule has 0 aliphatic rings. The summed E-state index contributed by atoms with van der Waals surface area (Å²) in [4.78, 5) is 43.6. The number of carbonyl (C=O) groups excluding carboxylic acids is 4. The van der Waals surface area contributed by atoms with Gasteiger partial charge in [0.05, 0.1) is 0 Å². The molecule has 1 rings (SSSR count). The fourth-order valence-corrected chi connectivity index (χ4v) is 4.71. The topological polar surface area (TPSA) is 86.7 Å². The fourth-order valence-electron chi connectivity index (χ4n) is 4.71. The molecule has 0 unspecified atom stereocenters. The summed E-state index contributed by atoms with van der Waals surface area (Å²) in [5.74, 6) is 1.72. The van der Waals surface area contributed by atoms with Crippen molar-refractivity contribution in [1.82, 2.24) is 0 Å². The normalized spacial score (nSPS) is 10.4. The predicted octanol–water partition coefficient (Wildman–Crippen LogP) is 11.6. The van der Waals surface area contributed by atoms with Gasteiger partial charge < -0.3 is 19.1 Å². The van der Waals surface area contributed by atoms with Crippen LogP contribution in [0.2, 0.25) is 0 Å². The maximum atomic E-state index is 11.9. The molecule has 0 bridgehead atoms. The van der Waals surface area contributed by atoms with Gasteiger partial charge in [0.1, 0.15) is 17.3 Å². The quantitative estimate of drug-likeness (QED) is 0.0622. The fraction of sp³-hybridized carbons (Fsp3) is 0.756. The summed E-state index contributed by atoms with van der Waals surface area (Å²) in [5.41, 5.74) is 0.615. The van der Waals surface area contributed by atoms with Gasteiger partial charge in [0.2, 0.25) is 12.1 Å². The Labute approximate surface area is 290 Å². The van der Waals surface area contributed by atoms with Crippen molar-refractivity contribution in [3.05, 3.63) is 35.9 Å². The molecule has 0 heterocycles. The molecule has 0 aliphatic heterocycles. The van der Waals surface area contributed by atoms with Crippen molar-refractivity contribution in [2.24, 2.45) is 11.8 Å². The van der Waals surface area contributed by atoms with E-state index in [0.717, 1.165) is 19.3 Å². The molecule has 0 spiro atoms. The van der Waals surface area contributed by atoms with Crippen LogP contribution in [0.1, 0.15) is 182 Å². The largest absolute Gasteiger partial charge is 0.346 e. The Kier molecular flexibility index (Phi) is 38.4. The minimum atomic E-state index is -0.776. The SMILES string of the molecule is CC(=O)CC(C)C.CCC(C)=O.CCCCCCCCC(CCCCCCCC)C(C)=O.CCOC(OCC)C(=O)c1ccccc1. The smallest absolute Gasteiger partial charge is 0.222 e. The number of unbranched alkanes of at least 4 members (excludes halogenated alkanes) is 10. The van der Waals surface area contributed by atoms with Gasteiger partial charge in [-0.05, 0) is 53.4 Å². The molecule has 0 saturated heterocycles. The molecule has 0 aromatic heterocycles.